The summed E-state index contributed by atoms with van der Waals surface area (Å²) >= 11 is 0. The second-order valence-electron chi connectivity index (χ2n) is 7.82. The molecule has 2 heterocycles. The lowest BCUT2D eigenvalue weighted by Gasteiger charge is -2.38. The SMILES string of the molecule is Cc1cn([C@H]2C[C@H](O[Si](C)(C)C(C)(C)C)[C@@H](C=O)O2)c(=O)[nH]c1=O. The van der Waals surface area contributed by atoms with Gasteiger partial charge in [0, 0.05) is 18.2 Å². The maximum Gasteiger partial charge on any atom is 0.330 e. The Hall–Kier alpha value is -1.51. The molecule has 8 heteroatoms. The van der Waals surface area contributed by atoms with Crippen molar-refractivity contribution < 1.29 is 14.0 Å². The topological polar surface area (TPSA) is 90.4 Å². The Labute approximate surface area is 142 Å². The van der Waals surface area contributed by atoms with Crippen molar-refractivity contribution in [1.29, 1.82) is 0 Å². The molecule has 1 N–H and O–H groups in total. The van der Waals surface area contributed by atoms with Gasteiger partial charge < -0.3 is 14.0 Å². The van der Waals surface area contributed by atoms with Crippen LogP contribution in [0.15, 0.2) is 15.8 Å². The molecule has 0 spiro atoms. The number of aldehydes is 1. The molecule has 1 saturated heterocycles. The summed E-state index contributed by atoms with van der Waals surface area (Å²) in [6, 6.07) is 0. The van der Waals surface area contributed by atoms with Crippen molar-refractivity contribution in [3.05, 3.63) is 32.6 Å². The van der Waals surface area contributed by atoms with Crippen LogP contribution >= 0.6 is 0 Å². The Morgan fingerprint density at radius 1 is 1.38 bits per heavy atom. The van der Waals surface area contributed by atoms with Gasteiger partial charge >= 0.3 is 5.69 Å². The molecule has 2 rings (SSSR count). The molecule has 0 saturated carbocycles. The fraction of sp³-hybridized carbons (Fsp3) is 0.688. The first kappa shape index (κ1) is 18.8. The number of aromatic amines is 1. The fourth-order valence-corrected chi connectivity index (χ4v) is 3.77. The number of rotatable bonds is 4. The number of nitrogens with one attached hydrogen (secondary N) is 1. The van der Waals surface area contributed by atoms with E-state index >= 15 is 0 Å². The van der Waals surface area contributed by atoms with Crippen LogP contribution in [-0.4, -0.2) is 36.4 Å². The predicted molar refractivity (Wildman–Crippen MR) is 92.7 cm³/mol. The highest BCUT2D eigenvalue weighted by Crippen LogP contribution is 2.40. The molecule has 134 valence electrons. The van der Waals surface area contributed by atoms with Crippen LogP contribution in [-0.2, 0) is 14.0 Å². The standard InChI is InChI=1S/C16H26N2O5Si/c1-10-8-18(15(21)17-14(10)20)13-7-11(12(9-19)22-13)23-24(5,6)16(2,3)4/h8-9,11-13H,7H2,1-6H3,(H,17,20,21)/t11-,12+,13+/m0/s1. The van der Waals surface area contributed by atoms with Gasteiger partial charge in [0.25, 0.3) is 5.56 Å². The Balaban J connectivity index is 2.27. The summed E-state index contributed by atoms with van der Waals surface area (Å²) in [4.78, 5) is 37.2. The van der Waals surface area contributed by atoms with E-state index in [1.54, 1.807) is 6.92 Å². The zero-order valence-corrected chi connectivity index (χ0v) is 16.1. The number of aryl methyl sites for hydroxylation is 1. The van der Waals surface area contributed by atoms with Gasteiger partial charge in [0.1, 0.15) is 12.3 Å². The summed E-state index contributed by atoms with van der Waals surface area (Å²) in [6.07, 6.45) is 0.833. The molecule has 0 bridgehead atoms. The van der Waals surface area contributed by atoms with E-state index in [1.165, 1.54) is 10.8 Å². The third kappa shape index (κ3) is 3.60. The van der Waals surface area contributed by atoms with Gasteiger partial charge in [-0.1, -0.05) is 20.8 Å². The second-order valence-corrected chi connectivity index (χ2v) is 12.6. The average molecular weight is 354 g/mol. The largest absolute Gasteiger partial charge is 0.411 e. The van der Waals surface area contributed by atoms with Crippen LogP contribution in [0.2, 0.25) is 18.1 Å². The second kappa shape index (κ2) is 6.42. The van der Waals surface area contributed by atoms with E-state index in [2.05, 4.69) is 38.8 Å². The summed E-state index contributed by atoms with van der Waals surface area (Å²) < 4.78 is 13.3. The highest BCUT2D eigenvalue weighted by Gasteiger charge is 2.45. The molecule has 24 heavy (non-hydrogen) atoms. The van der Waals surface area contributed by atoms with Gasteiger partial charge in [-0.3, -0.25) is 14.3 Å². The lowest BCUT2D eigenvalue weighted by atomic mass is 10.2. The van der Waals surface area contributed by atoms with Crippen molar-refractivity contribution in [2.24, 2.45) is 0 Å². The van der Waals surface area contributed by atoms with E-state index < -0.39 is 38.0 Å². The third-order valence-electron chi connectivity index (χ3n) is 4.96. The van der Waals surface area contributed by atoms with Gasteiger partial charge in [-0.15, -0.1) is 0 Å². The van der Waals surface area contributed by atoms with Crippen LogP contribution in [0.1, 0.15) is 39.0 Å². The maximum atomic E-state index is 12.0. The van der Waals surface area contributed by atoms with Crippen LogP contribution < -0.4 is 11.2 Å². The number of carbonyl (C=O) groups is 1. The quantitative estimate of drug-likeness (QED) is 0.657. The number of nitrogens with zero attached hydrogens (tertiary/aromatic N) is 1. The molecule has 0 aromatic carbocycles. The van der Waals surface area contributed by atoms with Gasteiger partial charge in [0.2, 0.25) is 0 Å². The summed E-state index contributed by atoms with van der Waals surface area (Å²) in [5, 5.41) is 0.00390. The molecule has 1 aliphatic heterocycles. The normalized spacial score (nSPS) is 25.0. The Bertz CT molecular complexity index is 731. The highest BCUT2D eigenvalue weighted by molar-refractivity contribution is 6.74. The number of hydrogen-bond donors (Lipinski definition) is 1. The molecule has 3 atom stereocenters. The molecule has 1 fully saturated rings. The van der Waals surface area contributed by atoms with Crippen molar-refractivity contribution >= 4 is 14.6 Å². The summed E-state index contributed by atoms with van der Waals surface area (Å²) in [7, 11) is -2.08. The average Bonchev–Trinajstić information content (AvgIpc) is 2.83. The first-order valence-corrected chi connectivity index (χ1v) is 11.0. The minimum atomic E-state index is -2.08. The van der Waals surface area contributed by atoms with Crippen molar-refractivity contribution in [2.75, 3.05) is 0 Å². The number of carbonyl (C=O) groups excluding carboxylic acids is 1. The molecule has 0 aliphatic carbocycles. The summed E-state index contributed by atoms with van der Waals surface area (Å²) in [6.45, 7) is 12.2. The molecule has 0 radical (unpaired) electrons. The van der Waals surface area contributed by atoms with Crippen molar-refractivity contribution in [2.45, 2.75) is 70.7 Å². The highest BCUT2D eigenvalue weighted by atomic mass is 28.4. The van der Waals surface area contributed by atoms with Gasteiger partial charge in [-0.25, -0.2) is 4.79 Å². The number of aromatic nitrogens is 2. The molecular formula is C16H26N2O5Si. The Kier molecular flexibility index (Phi) is 5.03. The molecular weight excluding hydrogens is 328 g/mol. The van der Waals surface area contributed by atoms with E-state index in [0.717, 1.165) is 6.29 Å². The summed E-state index contributed by atoms with van der Waals surface area (Å²) in [5.74, 6) is 0. The van der Waals surface area contributed by atoms with E-state index in [0.29, 0.717) is 12.0 Å². The third-order valence-corrected chi connectivity index (χ3v) is 9.46. The van der Waals surface area contributed by atoms with E-state index in [9.17, 15) is 14.4 Å². The molecule has 1 aromatic heterocycles. The molecule has 1 aromatic rings. The van der Waals surface area contributed by atoms with E-state index in [1.807, 2.05) is 0 Å². The fourth-order valence-electron chi connectivity index (χ4n) is 2.43. The maximum absolute atomic E-state index is 12.0. The lowest BCUT2D eigenvalue weighted by Crippen LogP contribution is -2.46. The summed E-state index contributed by atoms with van der Waals surface area (Å²) in [5.41, 5.74) is -0.557. The number of hydrogen-bond acceptors (Lipinski definition) is 5. The lowest BCUT2D eigenvalue weighted by molar-refractivity contribution is -0.122. The van der Waals surface area contributed by atoms with Gasteiger partial charge in [-0.05, 0) is 25.1 Å². The van der Waals surface area contributed by atoms with Gasteiger partial charge in [0.15, 0.2) is 14.6 Å². The molecule has 0 amide bonds. The van der Waals surface area contributed by atoms with Crippen LogP contribution in [0.25, 0.3) is 0 Å². The Morgan fingerprint density at radius 2 is 2.00 bits per heavy atom. The smallest absolute Gasteiger partial charge is 0.330 e. The molecule has 0 unspecified atom stereocenters. The van der Waals surface area contributed by atoms with Crippen molar-refractivity contribution in [1.82, 2.24) is 9.55 Å². The van der Waals surface area contributed by atoms with Crippen LogP contribution in [0.5, 0.6) is 0 Å². The van der Waals surface area contributed by atoms with Crippen LogP contribution in [0.4, 0.5) is 0 Å². The zero-order valence-electron chi connectivity index (χ0n) is 15.1. The molecule has 1 aliphatic rings. The minimum absolute atomic E-state index is 0.00390. The van der Waals surface area contributed by atoms with Crippen molar-refractivity contribution in [3.63, 3.8) is 0 Å². The van der Waals surface area contributed by atoms with E-state index in [-0.39, 0.29) is 5.04 Å². The molecule has 7 nitrogen and oxygen atoms in total. The first-order valence-electron chi connectivity index (χ1n) is 8.07. The number of ether oxygens (including phenoxy) is 1. The van der Waals surface area contributed by atoms with E-state index in [4.69, 9.17) is 9.16 Å². The van der Waals surface area contributed by atoms with Gasteiger partial charge in [0.05, 0.1) is 6.10 Å². The van der Waals surface area contributed by atoms with Gasteiger partial charge in [-0.2, -0.15) is 0 Å². The predicted octanol–water partition coefficient (Wildman–Crippen LogP) is 1.72. The first-order chi connectivity index (χ1) is 11.0. The Morgan fingerprint density at radius 3 is 2.54 bits per heavy atom. The number of H-pyrrole nitrogens is 1. The van der Waals surface area contributed by atoms with Crippen LogP contribution in [0, 0.1) is 6.92 Å². The van der Waals surface area contributed by atoms with Crippen molar-refractivity contribution in [3.8, 4) is 0 Å². The monoisotopic (exact) mass is 354 g/mol. The zero-order chi connectivity index (χ0) is 18.3. The minimum Gasteiger partial charge on any atom is -0.411 e. The van der Waals surface area contributed by atoms with Crippen LogP contribution in [0.3, 0.4) is 0 Å².